The SMILES string of the molecule is [C-]#[N+]c1ccc2[nH]c(-c3c(O)sc4ccccc34)c(N=O)c2c1. The Hall–Kier alpha value is -3.17. The summed E-state index contributed by atoms with van der Waals surface area (Å²) in [5, 5.41) is 15.1. The molecule has 0 amide bonds. The quantitative estimate of drug-likeness (QED) is 0.367. The lowest BCUT2D eigenvalue weighted by Crippen LogP contribution is -1.76. The summed E-state index contributed by atoms with van der Waals surface area (Å²) in [5.41, 5.74) is 2.40. The van der Waals surface area contributed by atoms with Crippen LogP contribution in [0.15, 0.2) is 47.6 Å². The highest BCUT2D eigenvalue weighted by Crippen LogP contribution is 2.48. The van der Waals surface area contributed by atoms with Gasteiger partial charge in [0.1, 0.15) is 5.69 Å². The van der Waals surface area contributed by atoms with E-state index in [2.05, 4.69) is 15.0 Å². The summed E-state index contributed by atoms with van der Waals surface area (Å²) in [6.07, 6.45) is 0. The maximum absolute atomic E-state index is 11.4. The molecule has 6 heteroatoms. The molecule has 0 fully saturated rings. The van der Waals surface area contributed by atoms with E-state index in [4.69, 9.17) is 6.57 Å². The molecule has 0 aliphatic rings. The maximum atomic E-state index is 11.4. The third-order valence-corrected chi connectivity index (χ3v) is 4.78. The lowest BCUT2D eigenvalue weighted by molar-refractivity contribution is 0.493. The van der Waals surface area contributed by atoms with Crippen molar-refractivity contribution < 1.29 is 5.11 Å². The number of fused-ring (bicyclic) bond motifs is 2. The number of nitrogens with zero attached hydrogens (tertiary/aromatic N) is 2. The van der Waals surface area contributed by atoms with E-state index in [9.17, 15) is 10.0 Å². The highest BCUT2D eigenvalue weighted by Gasteiger charge is 2.21. The van der Waals surface area contributed by atoms with Gasteiger partial charge in [0, 0.05) is 21.0 Å². The number of rotatable bonds is 2. The van der Waals surface area contributed by atoms with Crippen LogP contribution in [0.25, 0.3) is 37.1 Å². The Labute approximate surface area is 134 Å². The normalized spacial score (nSPS) is 10.9. The van der Waals surface area contributed by atoms with Gasteiger partial charge in [0.25, 0.3) is 0 Å². The molecule has 2 aromatic carbocycles. The van der Waals surface area contributed by atoms with Crippen molar-refractivity contribution in [3.05, 3.63) is 58.8 Å². The topological polar surface area (TPSA) is 69.8 Å². The van der Waals surface area contributed by atoms with Gasteiger partial charge < -0.3 is 10.1 Å². The molecule has 4 rings (SSSR count). The van der Waals surface area contributed by atoms with Crippen LogP contribution in [0.3, 0.4) is 0 Å². The highest BCUT2D eigenvalue weighted by molar-refractivity contribution is 7.21. The Morgan fingerprint density at radius 1 is 1.17 bits per heavy atom. The molecule has 0 bridgehead atoms. The van der Waals surface area contributed by atoms with Gasteiger partial charge >= 0.3 is 0 Å². The van der Waals surface area contributed by atoms with E-state index in [1.807, 2.05) is 24.3 Å². The third kappa shape index (κ3) is 1.91. The Morgan fingerprint density at radius 3 is 2.78 bits per heavy atom. The summed E-state index contributed by atoms with van der Waals surface area (Å²) in [4.78, 5) is 18.0. The van der Waals surface area contributed by atoms with E-state index in [0.717, 1.165) is 10.1 Å². The highest BCUT2D eigenvalue weighted by atomic mass is 32.1. The minimum atomic E-state index is 0.132. The van der Waals surface area contributed by atoms with Gasteiger partial charge in [-0.1, -0.05) is 35.6 Å². The van der Waals surface area contributed by atoms with E-state index >= 15 is 0 Å². The van der Waals surface area contributed by atoms with Crippen molar-refractivity contribution in [1.29, 1.82) is 0 Å². The lowest BCUT2D eigenvalue weighted by Gasteiger charge is -1.98. The van der Waals surface area contributed by atoms with Crippen LogP contribution in [0.1, 0.15) is 0 Å². The average Bonchev–Trinajstić information content (AvgIpc) is 3.09. The van der Waals surface area contributed by atoms with Crippen molar-refractivity contribution >= 4 is 43.7 Å². The monoisotopic (exact) mass is 319 g/mol. The van der Waals surface area contributed by atoms with Crippen LogP contribution in [0, 0.1) is 11.5 Å². The zero-order valence-electron chi connectivity index (χ0n) is 11.7. The maximum Gasteiger partial charge on any atom is 0.188 e. The second-order valence-corrected chi connectivity index (χ2v) is 6.09. The fraction of sp³-hybridized carbons (Fsp3) is 0. The zero-order chi connectivity index (χ0) is 16.0. The number of hydrogen-bond donors (Lipinski definition) is 2. The Morgan fingerprint density at radius 2 is 2.00 bits per heavy atom. The predicted molar refractivity (Wildman–Crippen MR) is 92.5 cm³/mol. The van der Waals surface area contributed by atoms with Crippen molar-refractivity contribution in [3.8, 4) is 16.3 Å². The van der Waals surface area contributed by atoms with Crippen LogP contribution in [-0.4, -0.2) is 10.1 Å². The summed E-state index contributed by atoms with van der Waals surface area (Å²) in [6.45, 7) is 7.10. The molecule has 4 aromatic rings. The summed E-state index contributed by atoms with van der Waals surface area (Å²) >= 11 is 1.25. The Bertz CT molecular complexity index is 1120. The number of aromatic amines is 1. The van der Waals surface area contributed by atoms with Gasteiger partial charge in [-0.25, -0.2) is 4.85 Å². The minimum absolute atomic E-state index is 0.132. The predicted octanol–water partition coefficient (Wildman–Crippen LogP) is 5.70. The number of benzene rings is 2. The van der Waals surface area contributed by atoms with Gasteiger partial charge in [0.2, 0.25) is 0 Å². The first-order chi connectivity index (χ1) is 11.2. The summed E-state index contributed by atoms with van der Waals surface area (Å²) < 4.78 is 0.928. The van der Waals surface area contributed by atoms with Crippen LogP contribution in [0.4, 0.5) is 11.4 Å². The first kappa shape index (κ1) is 13.5. The number of aromatic hydroxyl groups is 1. The number of nitrogens with one attached hydrogen (secondary N) is 1. The summed E-state index contributed by atoms with van der Waals surface area (Å²) in [7, 11) is 0. The molecular weight excluding hydrogens is 310 g/mol. The number of H-pyrrole nitrogens is 1. The van der Waals surface area contributed by atoms with Crippen LogP contribution < -0.4 is 0 Å². The van der Waals surface area contributed by atoms with Crippen LogP contribution >= 0.6 is 11.3 Å². The van der Waals surface area contributed by atoms with Crippen molar-refractivity contribution in [3.63, 3.8) is 0 Å². The van der Waals surface area contributed by atoms with Crippen LogP contribution in [0.5, 0.6) is 5.06 Å². The summed E-state index contributed by atoms with van der Waals surface area (Å²) in [6, 6.07) is 12.6. The van der Waals surface area contributed by atoms with Gasteiger partial charge in [-0.05, 0) is 23.4 Å². The van der Waals surface area contributed by atoms with Gasteiger partial charge in [-0.3, -0.25) is 0 Å². The first-order valence-electron chi connectivity index (χ1n) is 6.80. The molecule has 5 nitrogen and oxygen atoms in total. The van der Waals surface area contributed by atoms with Gasteiger partial charge in [0.05, 0.1) is 17.8 Å². The molecule has 2 heterocycles. The molecule has 0 spiro atoms. The standard InChI is InChI=1S/C17H9N3O2S/c1-18-9-6-7-12-11(8-9)15(20-22)16(19-12)14-10-4-2-3-5-13(10)23-17(14)21/h2-8,19,21H. The van der Waals surface area contributed by atoms with E-state index < -0.39 is 0 Å². The molecule has 0 aliphatic heterocycles. The third-order valence-electron chi connectivity index (χ3n) is 3.80. The van der Waals surface area contributed by atoms with Crippen molar-refractivity contribution in [2.45, 2.75) is 0 Å². The van der Waals surface area contributed by atoms with E-state index in [0.29, 0.717) is 27.8 Å². The second-order valence-electron chi connectivity index (χ2n) is 5.06. The van der Waals surface area contributed by atoms with E-state index in [1.54, 1.807) is 18.2 Å². The summed E-state index contributed by atoms with van der Waals surface area (Å²) in [5.74, 6) is 0. The second kappa shape index (κ2) is 4.93. The Balaban J connectivity index is 2.11. The Kier molecular flexibility index (Phi) is 2.89. The minimum Gasteiger partial charge on any atom is -0.499 e. The molecule has 0 unspecified atom stereocenters. The average molecular weight is 319 g/mol. The van der Waals surface area contributed by atoms with Crippen molar-refractivity contribution in [2.24, 2.45) is 5.18 Å². The van der Waals surface area contributed by atoms with Crippen molar-refractivity contribution in [1.82, 2.24) is 4.98 Å². The molecule has 23 heavy (non-hydrogen) atoms. The molecule has 110 valence electrons. The number of aromatic nitrogens is 1. The van der Waals surface area contributed by atoms with Crippen LogP contribution in [0.2, 0.25) is 0 Å². The number of thiophene rings is 1. The zero-order valence-corrected chi connectivity index (χ0v) is 12.5. The lowest BCUT2D eigenvalue weighted by atomic mass is 10.1. The van der Waals surface area contributed by atoms with Gasteiger partial charge in [0.15, 0.2) is 10.8 Å². The number of nitroso groups, excluding NO2 is 1. The smallest absolute Gasteiger partial charge is 0.188 e. The largest absolute Gasteiger partial charge is 0.499 e. The molecule has 2 N–H and O–H groups in total. The molecule has 2 aromatic heterocycles. The molecular formula is C17H9N3O2S. The fourth-order valence-corrected chi connectivity index (χ4v) is 3.73. The molecule has 0 aliphatic carbocycles. The van der Waals surface area contributed by atoms with E-state index in [-0.39, 0.29) is 10.8 Å². The van der Waals surface area contributed by atoms with Crippen LogP contribution in [-0.2, 0) is 0 Å². The van der Waals surface area contributed by atoms with Gasteiger partial charge in [-0.15, -0.1) is 4.91 Å². The molecule has 0 saturated heterocycles. The first-order valence-corrected chi connectivity index (χ1v) is 7.62. The van der Waals surface area contributed by atoms with Crippen molar-refractivity contribution in [2.75, 3.05) is 0 Å². The molecule has 0 atom stereocenters. The molecule has 0 radical (unpaired) electrons. The molecule has 0 saturated carbocycles. The van der Waals surface area contributed by atoms with Gasteiger partial charge in [-0.2, -0.15) is 0 Å². The van der Waals surface area contributed by atoms with E-state index in [1.165, 1.54) is 11.3 Å². The fourth-order valence-electron chi connectivity index (χ4n) is 2.79. The number of hydrogen-bond acceptors (Lipinski definition) is 4.